The maximum atomic E-state index is 13.9. The molecule has 1 aromatic heterocycles. The molecule has 0 aliphatic carbocycles. The van der Waals surface area contributed by atoms with Crippen molar-refractivity contribution >= 4 is 37.6 Å². The van der Waals surface area contributed by atoms with E-state index in [9.17, 15) is 12.8 Å². The number of hydrogen-bond acceptors (Lipinski definition) is 5. The van der Waals surface area contributed by atoms with Gasteiger partial charge in [0.15, 0.2) is 0 Å². The second-order valence-corrected chi connectivity index (χ2v) is 10.5. The van der Waals surface area contributed by atoms with E-state index in [4.69, 9.17) is 16.7 Å². The fraction of sp³-hybridized carbons (Fsp3) is 0.286. The summed E-state index contributed by atoms with van der Waals surface area (Å²) < 4.78 is 42.1. The van der Waals surface area contributed by atoms with Gasteiger partial charge < -0.3 is 10.1 Å². The molecule has 1 saturated heterocycles. The zero-order valence-electron chi connectivity index (χ0n) is 16.9. The first kappa shape index (κ1) is 23.3. The summed E-state index contributed by atoms with van der Waals surface area (Å²) in [7, 11) is -3.80. The molecule has 0 amide bonds. The second-order valence-electron chi connectivity index (χ2n) is 7.38. The number of nitrogens with zero attached hydrogens (tertiary/aromatic N) is 3. The maximum Gasteiger partial charge on any atom is 0.244 e. The minimum atomic E-state index is -3.80. The van der Waals surface area contributed by atoms with E-state index in [1.54, 1.807) is 24.4 Å². The molecule has 3 aromatic rings. The molecular weight excluding hydrogens is 523 g/mol. The van der Waals surface area contributed by atoms with Crippen LogP contribution in [0.2, 0.25) is 5.02 Å². The number of aliphatic hydroxyl groups is 1. The van der Waals surface area contributed by atoms with E-state index in [1.807, 2.05) is 4.90 Å². The number of benzene rings is 2. The Labute approximate surface area is 199 Å². The predicted molar refractivity (Wildman–Crippen MR) is 124 cm³/mol. The molecule has 2 N–H and O–H groups in total. The predicted octanol–water partition coefficient (Wildman–Crippen LogP) is 3.60. The van der Waals surface area contributed by atoms with Crippen molar-refractivity contribution in [2.45, 2.75) is 4.90 Å². The van der Waals surface area contributed by atoms with Gasteiger partial charge in [0.25, 0.3) is 0 Å². The van der Waals surface area contributed by atoms with Gasteiger partial charge >= 0.3 is 0 Å². The largest absolute Gasteiger partial charge is 0.395 e. The third kappa shape index (κ3) is 4.75. The Hall–Kier alpha value is -1.82. The van der Waals surface area contributed by atoms with E-state index in [0.717, 1.165) is 0 Å². The number of H-pyrrole nitrogens is 1. The number of β-amino-alcohol motifs (C(OH)–C–C–N with tert-alkyl or cyclic N) is 1. The minimum absolute atomic E-state index is 0.0138. The molecule has 11 heteroatoms. The lowest BCUT2D eigenvalue weighted by atomic mass is 10.2. The lowest BCUT2D eigenvalue weighted by Crippen LogP contribution is -2.49. The van der Waals surface area contributed by atoms with Crippen LogP contribution in [0.5, 0.6) is 0 Å². The summed E-state index contributed by atoms with van der Waals surface area (Å²) in [5.74, 6) is 0.0511. The van der Waals surface area contributed by atoms with Crippen LogP contribution in [0.15, 0.2) is 52.0 Å². The van der Waals surface area contributed by atoms with Crippen LogP contribution in [0.25, 0.3) is 22.6 Å². The molecule has 0 unspecified atom stereocenters. The van der Waals surface area contributed by atoms with Crippen molar-refractivity contribution in [1.29, 1.82) is 0 Å². The highest BCUT2D eigenvalue weighted by Crippen LogP contribution is 2.31. The van der Waals surface area contributed by atoms with Crippen LogP contribution < -0.4 is 0 Å². The van der Waals surface area contributed by atoms with Crippen LogP contribution in [-0.4, -0.2) is 72.0 Å². The number of aromatic nitrogens is 2. The molecule has 2 heterocycles. The Kier molecular flexibility index (Phi) is 6.99. The van der Waals surface area contributed by atoms with Crippen molar-refractivity contribution in [1.82, 2.24) is 19.2 Å². The molecule has 170 valence electrons. The highest BCUT2D eigenvalue weighted by atomic mass is 79.9. The summed E-state index contributed by atoms with van der Waals surface area (Å²) in [5, 5.41) is 9.21. The molecule has 7 nitrogen and oxygen atoms in total. The molecule has 0 atom stereocenters. The first-order valence-corrected chi connectivity index (χ1v) is 12.5. The number of aliphatic hydroxyl groups excluding tert-OH is 1. The van der Waals surface area contributed by atoms with Gasteiger partial charge in [0.2, 0.25) is 10.0 Å². The second kappa shape index (κ2) is 9.58. The number of hydrogen-bond donors (Lipinski definition) is 2. The van der Waals surface area contributed by atoms with Crippen molar-refractivity contribution < 1.29 is 17.9 Å². The summed E-state index contributed by atoms with van der Waals surface area (Å²) in [5.41, 5.74) is 1.68. The van der Waals surface area contributed by atoms with Crippen LogP contribution in [-0.2, 0) is 10.0 Å². The van der Waals surface area contributed by atoms with E-state index >= 15 is 0 Å². The monoisotopic (exact) mass is 542 g/mol. The van der Waals surface area contributed by atoms with E-state index in [-0.39, 0.29) is 16.5 Å². The quantitative estimate of drug-likeness (QED) is 0.496. The van der Waals surface area contributed by atoms with Gasteiger partial charge in [0, 0.05) is 50.0 Å². The third-order valence-corrected chi connectivity index (χ3v) is 8.39. The molecule has 2 aromatic carbocycles. The van der Waals surface area contributed by atoms with Crippen molar-refractivity contribution in [2.75, 3.05) is 39.3 Å². The van der Waals surface area contributed by atoms with Gasteiger partial charge in [-0.25, -0.2) is 17.8 Å². The van der Waals surface area contributed by atoms with Crippen molar-refractivity contribution in [3.05, 3.63) is 57.9 Å². The fourth-order valence-electron chi connectivity index (χ4n) is 3.60. The average molecular weight is 544 g/mol. The van der Waals surface area contributed by atoms with Crippen molar-refractivity contribution in [3.8, 4) is 22.6 Å². The van der Waals surface area contributed by atoms with Crippen LogP contribution in [0, 0.1) is 5.82 Å². The van der Waals surface area contributed by atoms with Crippen LogP contribution >= 0.6 is 27.5 Å². The van der Waals surface area contributed by atoms with Gasteiger partial charge in [-0.2, -0.15) is 4.31 Å². The molecule has 1 aliphatic rings. The van der Waals surface area contributed by atoms with Gasteiger partial charge in [-0.3, -0.25) is 4.90 Å². The lowest BCUT2D eigenvalue weighted by Gasteiger charge is -2.33. The standard InChI is InChI=1S/C21H21BrClFN4O3S/c22-16-3-1-14(11-18(16)24)19-13-25-21(26-19)15-2-4-17(23)20(12-15)32(30,31)28-7-5-27(6-8-28)9-10-29/h1-4,11-13,29H,5-10H2,(H,25,26). The Morgan fingerprint density at radius 1 is 1.12 bits per heavy atom. The Morgan fingerprint density at radius 3 is 2.53 bits per heavy atom. The van der Waals surface area contributed by atoms with Gasteiger partial charge in [0.05, 0.1) is 21.8 Å². The zero-order valence-corrected chi connectivity index (χ0v) is 20.1. The smallest absolute Gasteiger partial charge is 0.244 e. The number of imidazole rings is 1. The Morgan fingerprint density at radius 2 is 1.84 bits per heavy atom. The average Bonchev–Trinajstić information content (AvgIpc) is 3.27. The van der Waals surface area contributed by atoms with Crippen LogP contribution in [0.4, 0.5) is 4.39 Å². The molecule has 32 heavy (non-hydrogen) atoms. The van der Waals surface area contributed by atoms with Gasteiger partial charge in [0.1, 0.15) is 16.5 Å². The molecule has 0 spiro atoms. The number of piperazine rings is 1. The van der Waals surface area contributed by atoms with E-state index in [2.05, 4.69) is 25.9 Å². The first-order chi connectivity index (χ1) is 15.3. The SMILES string of the molecule is O=S(=O)(c1cc(-c2nc(-c3ccc(Br)c(F)c3)c[nH]2)ccc1Cl)N1CCN(CCO)CC1. The number of rotatable bonds is 6. The van der Waals surface area contributed by atoms with Crippen LogP contribution in [0.1, 0.15) is 0 Å². The molecular formula is C21H21BrClFN4O3S. The highest BCUT2D eigenvalue weighted by Gasteiger charge is 2.30. The maximum absolute atomic E-state index is 13.9. The van der Waals surface area contributed by atoms with Gasteiger partial charge in [-0.1, -0.05) is 17.7 Å². The Balaban J connectivity index is 1.61. The van der Waals surface area contributed by atoms with E-state index in [0.29, 0.717) is 59.8 Å². The lowest BCUT2D eigenvalue weighted by molar-refractivity contribution is 0.151. The molecule has 0 saturated carbocycles. The topological polar surface area (TPSA) is 89.5 Å². The highest BCUT2D eigenvalue weighted by molar-refractivity contribution is 9.10. The van der Waals surface area contributed by atoms with Crippen LogP contribution in [0.3, 0.4) is 0 Å². The number of sulfonamides is 1. The summed E-state index contributed by atoms with van der Waals surface area (Å²) in [6, 6.07) is 9.44. The molecule has 0 bridgehead atoms. The van der Waals surface area contributed by atoms with E-state index < -0.39 is 15.8 Å². The molecule has 4 rings (SSSR count). The number of aromatic amines is 1. The summed E-state index contributed by atoms with van der Waals surface area (Å²) in [4.78, 5) is 9.55. The van der Waals surface area contributed by atoms with Gasteiger partial charge in [-0.15, -0.1) is 0 Å². The Bertz CT molecular complexity index is 1230. The van der Waals surface area contributed by atoms with Crippen molar-refractivity contribution in [3.63, 3.8) is 0 Å². The third-order valence-electron chi connectivity index (χ3n) is 5.36. The normalized spacial score (nSPS) is 15.9. The summed E-state index contributed by atoms with van der Waals surface area (Å²) >= 11 is 9.40. The zero-order chi connectivity index (χ0) is 22.9. The minimum Gasteiger partial charge on any atom is -0.395 e. The number of nitrogens with one attached hydrogen (secondary N) is 1. The summed E-state index contributed by atoms with van der Waals surface area (Å²) in [6.45, 7) is 2.29. The molecule has 1 fully saturated rings. The van der Waals surface area contributed by atoms with Gasteiger partial charge in [-0.05, 0) is 46.3 Å². The molecule has 0 radical (unpaired) electrons. The fourth-order valence-corrected chi connectivity index (χ4v) is 5.76. The summed E-state index contributed by atoms with van der Waals surface area (Å²) in [6.07, 6.45) is 1.64. The van der Waals surface area contributed by atoms with E-state index in [1.165, 1.54) is 22.5 Å². The molecule has 1 aliphatic heterocycles. The van der Waals surface area contributed by atoms with Crippen molar-refractivity contribution in [2.24, 2.45) is 0 Å². The first-order valence-electron chi connectivity index (χ1n) is 9.93. The number of halogens is 3.